The average molecular weight is 357 g/mol. The topological polar surface area (TPSA) is 67.2 Å². The van der Waals surface area contributed by atoms with Crippen LogP contribution >= 0.6 is 11.6 Å². The molecule has 0 aliphatic heterocycles. The first-order valence-corrected chi connectivity index (χ1v) is 8.04. The lowest BCUT2D eigenvalue weighted by Gasteiger charge is -2.13. The molecule has 3 aromatic rings. The number of benzene rings is 2. The number of carbonyl (C=O) groups is 1. The molecule has 7 heteroatoms. The third-order valence-electron chi connectivity index (χ3n) is 3.77. The maximum Gasteiger partial charge on any atom is 0.261 e. The van der Waals surface area contributed by atoms with Crippen LogP contribution in [0.4, 0.5) is 11.4 Å². The molecule has 0 saturated heterocycles. The molecule has 3 rings (SSSR count). The maximum atomic E-state index is 12.5. The molecule has 25 heavy (non-hydrogen) atoms. The summed E-state index contributed by atoms with van der Waals surface area (Å²) in [6.07, 6.45) is 1.37. The zero-order valence-corrected chi connectivity index (χ0v) is 14.6. The Kier molecular flexibility index (Phi) is 4.72. The van der Waals surface area contributed by atoms with Gasteiger partial charge in [0.2, 0.25) is 5.91 Å². The minimum Gasteiger partial charge on any atom is -0.378 e. The number of nitrogens with zero attached hydrogens (tertiary/aromatic N) is 3. The Hall–Kier alpha value is -2.86. The number of halogens is 1. The first-order chi connectivity index (χ1) is 11.9. The van der Waals surface area contributed by atoms with Crippen molar-refractivity contribution in [2.75, 3.05) is 24.3 Å². The summed E-state index contributed by atoms with van der Waals surface area (Å²) in [4.78, 5) is 30.9. The molecule has 1 aromatic heterocycles. The minimum absolute atomic E-state index is 0.121. The van der Waals surface area contributed by atoms with Crippen LogP contribution in [0.1, 0.15) is 0 Å². The summed E-state index contributed by atoms with van der Waals surface area (Å²) in [7, 11) is 3.89. The minimum atomic E-state index is -0.303. The number of anilines is 2. The predicted molar refractivity (Wildman–Crippen MR) is 100 cm³/mol. The van der Waals surface area contributed by atoms with Gasteiger partial charge in [-0.25, -0.2) is 4.98 Å². The Morgan fingerprint density at radius 2 is 1.92 bits per heavy atom. The highest BCUT2D eigenvalue weighted by Crippen LogP contribution is 2.16. The molecule has 0 spiro atoms. The molecule has 0 radical (unpaired) electrons. The zero-order chi connectivity index (χ0) is 18.0. The molecule has 0 aliphatic rings. The van der Waals surface area contributed by atoms with Crippen molar-refractivity contribution >= 4 is 39.8 Å². The number of rotatable bonds is 4. The SMILES string of the molecule is CN(C)c1ccc(NC(=O)Cn2cnc3ccc(Cl)cc3c2=O)cc1. The van der Waals surface area contributed by atoms with Crippen molar-refractivity contribution in [3.8, 4) is 0 Å². The normalized spacial score (nSPS) is 10.7. The van der Waals surface area contributed by atoms with Crippen LogP contribution in [-0.4, -0.2) is 29.6 Å². The largest absolute Gasteiger partial charge is 0.378 e. The van der Waals surface area contributed by atoms with Crippen LogP contribution in [-0.2, 0) is 11.3 Å². The molecule has 0 unspecified atom stereocenters. The first kappa shape index (κ1) is 17.0. The van der Waals surface area contributed by atoms with Gasteiger partial charge in [0.05, 0.1) is 17.2 Å². The van der Waals surface area contributed by atoms with E-state index in [9.17, 15) is 9.59 Å². The van der Waals surface area contributed by atoms with E-state index in [0.29, 0.717) is 21.6 Å². The molecule has 2 aromatic carbocycles. The van der Waals surface area contributed by atoms with Crippen LogP contribution in [0.3, 0.4) is 0 Å². The number of amides is 1. The van der Waals surface area contributed by atoms with Crippen LogP contribution in [0.5, 0.6) is 0 Å². The number of fused-ring (bicyclic) bond motifs is 1. The van der Waals surface area contributed by atoms with E-state index in [1.54, 1.807) is 18.2 Å². The van der Waals surface area contributed by atoms with E-state index in [2.05, 4.69) is 10.3 Å². The van der Waals surface area contributed by atoms with Gasteiger partial charge in [-0.05, 0) is 42.5 Å². The van der Waals surface area contributed by atoms with E-state index < -0.39 is 0 Å². The number of hydrogen-bond donors (Lipinski definition) is 1. The average Bonchev–Trinajstić information content (AvgIpc) is 2.58. The Morgan fingerprint density at radius 1 is 1.20 bits per heavy atom. The predicted octanol–water partition coefficient (Wildman–Crippen LogP) is 2.75. The van der Waals surface area contributed by atoms with Crippen LogP contribution in [0.15, 0.2) is 53.6 Å². The molecule has 0 fully saturated rings. The van der Waals surface area contributed by atoms with Gasteiger partial charge in [0.1, 0.15) is 6.54 Å². The van der Waals surface area contributed by atoms with Gasteiger partial charge in [0.15, 0.2) is 0 Å². The van der Waals surface area contributed by atoms with E-state index >= 15 is 0 Å². The molecule has 1 heterocycles. The van der Waals surface area contributed by atoms with Crippen molar-refractivity contribution in [3.05, 3.63) is 64.2 Å². The van der Waals surface area contributed by atoms with Gasteiger partial charge < -0.3 is 10.2 Å². The molecule has 0 bridgehead atoms. The summed E-state index contributed by atoms with van der Waals surface area (Å²) < 4.78 is 1.27. The van der Waals surface area contributed by atoms with Gasteiger partial charge in [-0.15, -0.1) is 0 Å². The summed E-state index contributed by atoms with van der Waals surface area (Å²) in [6, 6.07) is 12.3. The number of carbonyl (C=O) groups excluding carboxylic acids is 1. The standard InChI is InChI=1S/C18H17ClN4O2/c1-22(2)14-6-4-13(5-7-14)21-17(24)10-23-11-20-16-8-3-12(19)9-15(16)18(23)25/h3-9,11H,10H2,1-2H3,(H,21,24). The Bertz CT molecular complexity index is 981. The summed E-state index contributed by atoms with van der Waals surface area (Å²) >= 11 is 5.93. The van der Waals surface area contributed by atoms with Crippen LogP contribution in [0.2, 0.25) is 5.02 Å². The second-order valence-corrected chi connectivity index (χ2v) is 6.27. The molecule has 0 atom stereocenters. The van der Waals surface area contributed by atoms with Crippen molar-refractivity contribution in [1.29, 1.82) is 0 Å². The van der Waals surface area contributed by atoms with E-state index in [-0.39, 0.29) is 18.0 Å². The highest BCUT2D eigenvalue weighted by Gasteiger charge is 2.09. The van der Waals surface area contributed by atoms with Crippen LogP contribution in [0, 0.1) is 0 Å². The Balaban J connectivity index is 1.77. The quantitative estimate of drug-likeness (QED) is 0.780. The highest BCUT2D eigenvalue weighted by atomic mass is 35.5. The van der Waals surface area contributed by atoms with E-state index in [0.717, 1.165) is 5.69 Å². The third-order valence-corrected chi connectivity index (χ3v) is 4.00. The molecule has 1 N–H and O–H groups in total. The van der Waals surface area contributed by atoms with Gasteiger partial charge in [0, 0.05) is 30.5 Å². The number of hydrogen-bond acceptors (Lipinski definition) is 4. The fourth-order valence-electron chi connectivity index (χ4n) is 2.44. The zero-order valence-electron chi connectivity index (χ0n) is 13.9. The summed E-state index contributed by atoms with van der Waals surface area (Å²) in [6.45, 7) is -0.121. The van der Waals surface area contributed by atoms with Crippen molar-refractivity contribution in [3.63, 3.8) is 0 Å². The smallest absolute Gasteiger partial charge is 0.261 e. The van der Waals surface area contributed by atoms with Crippen molar-refractivity contribution in [2.45, 2.75) is 6.54 Å². The lowest BCUT2D eigenvalue weighted by Crippen LogP contribution is -2.27. The molecule has 6 nitrogen and oxygen atoms in total. The van der Waals surface area contributed by atoms with Gasteiger partial charge in [0.25, 0.3) is 5.56 Å². The van der Waals surface area contributed by atoms with Gasteiger partial charge in [-0.2, -0.15) is 0 Å². The number of aromatic nitrogens is 2. The molecular weight excluding hydrogens is 340 g/mol. The van der Waals surface area contributed by atoms with Gasteiger partial charge in [-0.3, -0.25) is 14.2 Å². The van der Waals surface area contributed by atoms with E-state index in [1.165, 1.54) is 10.9 Å². The van der Waals surface area contributed by atoms with E-state index in [1.807, 2.05) is 43.3 Å². The van der Waals surface area contributed by atoms with Crippen molar-refractivity contribution < 1.29 is 4.79 Å². The first-order valence-electron chi connectivity index (χ1n) is 7.66. The molecule has 0 aliphatic carbocycles. The lowest BCUT2D eigenvalue weighted by molar-refractivity contribution is -0.116. The van der Waals surface area contributed by atoms with E-state index in [4.69, 9.17) is 11.6 Å². The van der Waals surface area contributed by atoms with Crippen molar-refractivity contribution in [2.24, 2.45) is 0 Å². The second-order valence-electron chi connectivity index (χ2n) is 5.83. The van der Waals surface area contributed by atoms with Crippen LogP contribution < -0.4 is 15.8 Å². The summed E-state index contributed by atoms with van der Waals surface area (Å²) in [5.74, 6) is -0.303. The Morgan fingerprint density at radius 3 is 2.60 bits per heavy atom. The summed E-state index contributed by atoms with van der Waals surface area (Å²) in [5.41, 5.74) is 1.95. The molecule has 128 valence electrons. The highest BCUT2D eigenvalue weighted by molar-refractivity contribution is 6.31. The second kappa shape index (κ2) is 6.94. The van der Waals surface area contributed by atoms with Gasteiger partial charge in [-0.1, -0.05) is 11.6 Å². The monoisotopic (exact) mass is 356 g/mol. The third kappa shape index (κ3) is 3.80. The maximum absolute atomic E-state index is 12.5. The number of nitrogens with one attached hydrogen (secondary N) is 1. The molecule has 1 amide bonds. The van der Waals surface area contributed by atoms with Crippen molar-refractivity contribution in [1.82, 2.24) is 9.55 Å². The van der Waals surface area contributed by atoms with Gasteiger partial charge >= 0.3 is 0 Å². The summed E-state index contributed by atoms with van der Waals surface area (Å²) in [5, 5.41) is 3.61. The molecule has 0 saturated carbocycles. The molecular formula is C18H17ClN4O2. The Labute approximate surface area is 149 Å². The fourth-order valence-corrected chi connectivity index (χ4v) is 2.61. The fraction of sp³-hybridized carbons (Fsp3) is 0.167. The van der Waals surface area contributed by atoms with Crippen LogP contribution in [0.25, 0.3) is 10.9 Å². The lowest BCUT2D eigenvalue weighted by atomic mass is 10.2.